The van der Waals surface area contributed by atoms with Gasteiger partial charge < -0.3 is 9.88 Å². The number of piperidine rings is 1. The molecule has 26 heavy (non-hydrogen) atoms. The highest BCUT2D eigenvalue weighted by atomic mass is 16.2. The van der Waals surface area contributed by atoms with Crippen LogP contribution in [0.1, 0.15) is 25.8 Å². The second-order valence-electron chi connectivity index (χ2n) is 7.00. The Labute approximate surface area is 153 Å². The maximum Gasteiger partial charge on any atom is 0.241 e. The van der Waals surface area contributed by atoms with Crippen molar-refractivity contribution in [3.8, 4) is 0 Å². The van der Waals surface area contributed by atoms with Gasteiger partial charge in [-0.3, -0.25) is 9.69 Å². The van der Waals surface area contributed by atoms with Crippen molar-refractivity contribution in [3.63, 3.8) is 0 Å². The van der Waals surface area contributed by atoms with Crippen molar-refractivity contribution in [2.45, 2.75) is 31.8 Å². The average molecular weight is 348 g/mol. The Morgan fingerprint density at radius 2 is 1.92 bits per heavy atom. The number of hydrogen-bond acceptors (Lipinski definition) is 3. The fourth-order valence-corrected chi connectivity index (χ4v) is 3.74. The number of likely N-dealkylation sites (tertiary alicyclic amines) is 1. The highest BCUT2D eigenvalue weighted by molar-refractivity contribution is 5.97. The zero-order valence-electron chi connectivity index (χ0n) is 15.0. The fraction of sp³-hybridized carbons (Fsp3) is 0.333. The first-order valence-corrected chi connectivity index (χ1v) is 9.22. The van der Waals surface area contributed by atoms with Crippen LogP contribution in [0.25, 0.3) is 10.8 Å². The van der Waals surface area contributed by atoms with E-state index in [1.54, 1.807) is 0 Å². The summed E-state index contributed by atoms with van der Waals surface area (Å²) in [4.78, 5) is 19.1. The van der Waals surface area contributed by atoms with Crippen molar-refractivity contribution in [2.24, 2.45) is 0 Å². The summed E-state index contributed by atoms with van der Waals surface area (Å²) in [5.74, 6) is 0.0568. The number of rotatable bonds is 4. The van der Waals surface area contributed by atoms with E-state index in [2.05, 4.69) is 31.9 Å². The number of anilines is 1. The summed E-state index contributed by atoms with van der Waals surface area (Å²) in [6, 6.07) is 14.6. The van der Waals surface area contributed by atoms with Gasteiger partial charge in [0.2, 0.25) is 5.91 Å². The molecule has 0 bridgehead atoms. The Balaban J connectivity index is 1.37. The first-order valence-electron chi connectivity index (χ1n) is 9.22. The van der Waals surface area contributed by atoms with Crippen molar-refractivity contribution in [2.75, 3.05) is 18.4 Å². The standard InChI is InChI=1S/C21H24N4O/c1-16(24-11-8-20(9-12-24)25-13-10-22-15-25)21(26)23-19-7-6-17-4-2-3-5-18(17)14-19/h2-7,10,13-16,20H,8-9,11-12H2,1H3,(H,23,26)/t16-/m1/s1. The van der Waals surface area contributed by atoms with Crippen LogP contribution in [0.4, 0.5) is 5.69 Å². The highest BCUT2D eigenvalue weighted by Gasteiger charge is 2.27. The average Bonchev–Trinajstić information content (AvgIpc) is 3.22. The second kappa shape index (κ2) is 7.30. The van der Waals surface area contributed by atoms with Crippen molar-refractivity contribution >= 4 is 22.4 Å². The van der Waals surface area contributed by atoms with E-state index < -0.39 is 0 Å². The number of amides is 1. The third-order valence-electron chi connectivity index (χ3n) is 5.39. The minimum Gasteiger partial charge on any atom is -0.334 e. The Bertz CT molecular complexity index is 882. The molecule has 5 heteroatoms. The number of nitrogens with zero attached hydrogens (tertiary/aromatic N) is 3. The molecule has 0 unspecified atom stereocenters. The summed E-state index contributed by atoms with van der Waals surface area (Å²) in [5.41, 5.74) is 0.855. The number of carbonyl (C=O) groups is 1. The summed E-state index contributed by atoms with van der Waals surface area (Å²) in [5, 5.41) is 5.39. The minimum atomic E-state index is -0.134. The molecule has 1 aliphatic rings. The number of benzene rings is 2. The largest absolute Gasteiger partial charge is 0.334 e. The highest BCUT2D eigenvalue weighted by Crippen LogP contribution is 2.24. The SMILES string of the molecule is C[C@H](C(=O)Nc1ccc2ccccc2c1)N1CCC(n2ccnc2)CC1. The molecular formula is C21H24N4O. The number of imidazole rings is 1. The van der Waals surface area contributed by atoms with E-state index in [1.165, 1.54) is 5.39 Å². The van der Waals surface area contributed by atoms with Crippen LogP contribution in [0, 0.1) is 0 Å². The number of fused-ring (bicyclic) bond motifs is 1. The molecule has 3 aromatic rings. The van der Waals surface area contributed by atoms with Gasteiger partial charge in [-0.2, -0.15) is 0 Å². The number of hydrogen-bond donors (Lipinski definition) is 1. The molecule has 0 spiro atoms. The summed E-state index contributed by atoms with van der Waals surface area (Å²) >= 11 is 0. The molecule has 2 aromatic carbocycles. The number of aromatic nitrogens is 2. The van der Waals surface area contributed by atoms with Crippen LogP contribution in [-0.4, -0.2) is 39.5 Å². The molecule has 134 valence electrons. The fourth-order valence-electron chi connectivity index (χ4n) is 3.74. The molecule has 0 aliphatic carbocycles. The first kappa shape index (κ1) is 16.8. The van der Waals surface area contributed by atoms with Gasteiger partial charge in [0.15, 0.2) is 0 Å². The van der Waals surface area contributed by atoms with Gasteiger partial charge in [0.1, 0.15) is 0 Å². The van der Waals surface area contributed by atoms with Crippen molar-refractivity contribution < 1.29 is 4.79 Å². The third kappa shape index (κ3) is 3.48. The maximum atomic E-state index is 12.7. The van der Waals surface area contributed by atoms with Gasteiger partial charge in [0, 0.05) is 37.2 Å². The quantitative estimate of drug-likeness (QED) is 0.782. The van der Waals surface area contributed by atoms with Crippen LogP contribution < -0.4 is 5.32 Å². The molecule has 2 heterocycles. The summed E-state index contributed by atoms with van der Waals surface area (Å²) < 4.78 is 2.18. The summed E-state index contributed by atoms with van der Waals surface area (Å²) in [7, 11) is 0. The molecule has 0 saturated carbocycles. The molecule has 1 saturated heterocycles. The maximum absolute atomic E-state index is 12.7. The summed E-state index contributed by atoms with van der Waals surface area (Å²) in [6.07, 6.45) is 7.83. The Hall–Kier alpha value is -2.66. The molecule has 1 atom stereocenters. The van der Waals surface area contributed by atoms with Gasteiger partial charge in [-0.05, 0) is 42.7 Å². The molecule has 1 fully saturated rings. The molecule has 4 rings (SSSR count). The smallest absolute Gasteiger partial charge is 0.241 e. The van der Waals surface area contributed by atoms with Crippen LogP contribution in [-0.2, 0) is 4.79 Å². The van der Waals surface area contributed by atoms with Crippen LogP contribution in [0.15, 0.2) is 61.2 Å². The number of nitrogens with one attached hydrogen (secondary N) is 1. The van der Waals surface area contributed by atoms with Crippen LogP contribution in [0.3, 0.4) is 0 Å². The summed E-state index contributed by atoms with van der Waals surface area (Å²) in [6.45, 7) is 3.85. The lowest BCUT2D eigenvalue weighted by Crippen LogP contribution is -2.46. The normalized spacial score (nSPS) is 17.3. The molecule has 0 radical (unpaired) electrons. The second-order valence-corrected chi connectivity index (χ2v) is 7.00. The van der Waals surface area contributed by atoms with E-state index in [9.17, 15) is 4.79 Å². The molecule has 1 amide bonds. The van der Waals surface area contributed by atoms with Gasteiger partial charge in [0.05, 0.1) is 12.4 Å². The lowest BCUT2D eigenvalue weighted by Gasteiger charge is -2.35. The van der Waals surface area contributed by atoms with E-state index in [0.29, 0.717) is 6.04 Å². The lowest BCUT2D eigenvalue weighted by molar-refractivity contribution is -0.121. The molecule has 1 aromatic heterocycles. The third-order valence-corrected chi connectivity index (χ3v) is 5.39. The van der Waals surface area contributed by atoms with Crippen LogP contribution in [0.5, 0.6) is 0 Å². The molecule has 1 aliphatic heterocycles. The predicted octanol–water partition coefficient (Wildman–Crippen LogP) is 3.70. The van der Waals surface area contributed by atoms with E-state index in [0.717, 1.165) is 37.0 Å². The Morgan fingerprint density at radius 1 is 1.15 bits per heavy atom. The van der Waals surface area contributed by atoms with Gasteiger partial charge in [-0.1, -0.05) is 30.3 Å². The van der Waals surface area contributed by atoms with Crippen molar-refractivity contribution in [1.82, 2.24) is 14.5 Å². The zero-order chi connectivity index (χ0) is 17.9. The zero-order valence-corrected chi connectivity index (χ0v) is 15.0. The Morgan fingerprint density at radius 3 is 2.65 bits per heavy atom. The van der Waals surface area contributed by atoms with E-state index in [-0.39, 0.29) is 11.9 Å². The Kier molecular flexibility index (Phi) is 4.71. The van der Waals surface area contributed by atoms with Crippen molar-refractivity contribution in [3.05, 3.63) is 61.2 Å². The van der Waals surface area contributed by atoms with Crippen molar-refractivity contribution in [1.29, 1.82) is 0 Å². The molecule has 1 N–H and O–H groups in total. The predicted molar refractivity (Wildman–Crippen MR) is 104 cm³/mol. The lowest BCUT2D eigenvalue weighted by atomic mass is 10.0. The molecule has 5 nitrogen and oxygen atoms in total. The van der Waals surface area contributed by atoms with E-state index in [1.807, 2.05) is 56.0 Å². The first-order chi connectivity index (χ1) is 12.7. The van der Waals surface area contributed by atoms with E-state index in [4.69, 9.17) is 0 Å². The monoisotopic (exact) mass is 348 g/mol. The van der Waals surface area contributed by atoms with Crippen LogP contribution in [0.2, 0.25) is 0 Å². The van der Waals surface area contributed by atoms with Gasteiger partial charge in [-0.15, -0.1) is 0 Å². The topological polar surface area (TPSA) is 50.2 Å². The minimum absolute atomic E-state index is 0.0568. The van der Waals surface area contributed by atoms with Gasteiger partial charge >= 0.3 is 0 Å². The number of carbonyl (C=O) groups excluding carboxylic acids is 1. The van der Waals surface area contributed by atoms with Crippen LogP contribution >= 0.6 is 0 Å². The molecular weight excluding hydrogens is 324 g/mol. The van der Waals surface area contributed by atoms with Gasteiger partial charge in [-0.25, -0.2) is 4.98 Å². The van der Waals surface area contributed by atoms with Gasteiger partial charge in [0.25, 0.3) is 0 Å². The van der Waals surface area contributed by atoms with E-state index >= 15 is 0 Å².